The minimum Gasteiger partial charge on any atom is -0.166 e. The molecular formula is C16H6BrF12P. The largest absolute Gasteiger partial charge is 0.416 e. The van der Waals surface area contributed by atoms with E-state index in [0.29, 0.717) is 0 Å². The molecule has 166 valence electrons. The number of hydrogen-bond acceptors (Lipinski definition) is 0. The Labute approximate surface area is 169 Å². The molecule has 0 aromatic heterocycles. The van der Waals surface area contributed by atoms with Crippen LogP contribution in [0.5, 0.6) is 0 Å². The lowest BCUT2D eigenvalue weighted by Crippen LogP contribution is -2.20. The van der Waals surface area contributed by atoms with Crippen molar-refractivity contribution in [1.29, 1.82) is 0 Å². The van der Waals surface area contributed by atoms with Crippen molar-refractivity contribution < 1.29 is 52.7 Å². The van der Waals surface area contributed by atoms with Crippen LogP contribution in [0.4, 0.5) is 52.7 Å². The minimum atomic E-state index is -5.23. The van der Waals surface area contributed by atoms with Crippen molar-refractivity contribution in [2.75, 3.05) is 0 Å². The van der Waals surface area contributed by atoms with Crippen molar-refractivity contribution in [2.24, 2.45) is 0 Å². The highest BCUT2D eigenvalue weighted by atomic mass is 79.9. The van der Waals surface area contributed by atoms with Gasteiger partial charge >= 0.3 is 24.7 Å². The molecule has 0 unspecified atom stereocenters. The second kappa shape index (κ2) is 7.89. The third-order valence-corrected chi connectivity index (χ3v) is 7.48. The van der Waals surface area contributed by atoms with Gasteiger partial charge in [0.25, 0.3) is 0 Å². The zero-order valence-corrected chi connectivity index (χ0v) is 16.3. The Hall–Kier alpha value is -1.49. The van der Waals surface area contributed by atoms with Gasteiger partial charge in [-0.2, -0.15) is 52.7 Å². The smallest absolute Gasteiger partial charge is 0.166 e. The molecule has 30 heavy (non-hydrogen) atoms. The second-order valence-corrected chi connectivity index (χ2v) is 9.53. The molecule has 0 radical (unpaired) electrons. The molecule has 0 aliphatic carbocycles. The van der Waals surface area contributed by atoms with E-state index in [0.717, 1.165) is 0 Å². The first-order chi connectivity index (χ1) is 13.3. The van der Waals surface area contributed by atoms with E-state index in [1.54, 1.807) is 0 Å². The van der Waals surface area contributed by atoms with Gasteiger partial charge in [0.05, 0.1) is 22.3 Å². The normalized spacial score (nSPS) is 13.8. The van der Waals surface area contributed by atoms with Crippen LogP contribution in [0.1, 0.15) is 22.3 Å². The molecule has 0 aliphatic rings. The molecule has 2 rings (SSSR count). The summed E-state index contributed by atoms with van der Waals surface area (Å²) in [5.41, 5.74) is -6.99. The highest BCUT2D eigenvalue weighted by molar-refractivity contribution is 9.40. The van der Waals surface area contributed by atoms with Gasteiger partial charge in [-0.25, -0.2) is 0 Å². The number of benzene rings is 2. The maximum absolute atomic E-state index is 13.0. The summed E-state index contributed by atoms with van der Waals surface area (Å²) in [6.45, 7) is -2.61. The number of halogens is 13. The fourth-order valence-electron chi connectivity index (χ4n) is 2.25. The summed E-state index contributed by atoms with van der Waals surface area (Å²) >= 11 is 2.69. The standard InChI is InChI=1S/C16H6BrF12P/c17-30(11-3-7(13(18,19)20)1-8(4-11)14(21,22)23)12-5-9(15(24,25)26)2-10(6-12)16(27,28)29/h1-6H. The van der Waals surface area contributed by atoms with Crippen molar-refractivity contribution in [3.63, 3.8) is 0 Å². The molecule has 2 aromatic carbocycles. The summed E-state index contributed by atoms with van der Waals surface area (Å²) in [5.74, 6) is 0. The molecule has 0 N–H and O–H groups in total. The molecule has 0 heterocycles. The molecule has 0 fully saturated rings. The van der Waals surface area contributed by atoms with Crippen LogP contribution in [0.3, 0.4) is 0 Å². The molecule has 14 heteroatoms. The van der Waals surface area contributed by atoms with Crippen LogP contribution in [-0.4, -0.2) is 0 Å². The Balaban J connectivity index is 2.72. The Morgan fingerprint density at radius 1 is 0.433 bits per heavy atom. The average molecular weight is 537 g/mol. The van der Waals surface area contributed by atoms with Crippen LogP contribution in [0.25, 0.3) is 0 Å². The SMILES string of the molecule is FC(F)(F)c1cc(P(Br)c2cc(C(F)(F)F)cc(C(F)(F)F)c2)cc(C(F)(F)F)c1. The quantitative estimate of drug-likeness (QED) is 0.275. The molecule has 0 saturated carbocycles. The van der Waals surface area contributed by atoms with Crippen LogP contribution in [-0.2, 0) is 24.7 Å². The van der Waals surface area contributed by atoms with Crippen molar-refractivity contribution in [1.82, 2.24) is 0 Å². The first-order valence-corrected chi connectivity index (χ1v) is 10.7. The van der Waals surface area contributed by atoms with E-state index in [-0.39, 0.29) is 36.4 Å². The van der Waals surface area contributed by atoms with Crippen LogP contribution in [0.15, 0.2) is 36.4 Å². The van der Waals surface area contributed by atoms with Crippen molar-refractivity contribution in [3.8, 4) is 0 Å². The first kappa shape index (κ1) is 24.8. The van der Waals surface area contributed by atoms with Crippen LogP contribution >= 0.6 is 22.1 Å². The van der Waals surface area contributed by atoms with Crippen LogP contribution in [0.2, 0.25) is 0 Å². The van der Waals surface area contributed by atoms with E-state index in [1.807, 2.05) is 0 Å². The van der Waals surface area contributed by atoms with E-state index in [2.05, 4.69) is 15.5 Å². The summed E-state index contributed by atoms with van der Waals surface area (Å²) in [6.07, 6.45) is -20.9. The fourth-order valence-corrected chi connectivity index (χ4v) is 4.79. The zero-order chi connectivity index (χ0) is 23.3. The van der Waals surface area contributed by atoms with Crippen LogP contribution in [0, 0.1) is 0 Å². The molecule has 2 aromatic rings. The van der Waals surface area contributed by atoms with Crippen molar-refractivity contribution in [2.45, 2.75) is 24.7 Å². The third kappa shape index (κ3) is 5.81. The van der Waals surface area contributed by atoms with Gasteiger partial charge in [-0.3, -0.25) is 0 Å². The Bertz CT molecular complexity index is 784. The molecule has 0 amide bonds. The molecule has 0 aliphatic heterocycles. The van der Waals surface area contributed by atoms with Gasteiger partial charge in [-0.05, 0) is 62.5 Å². The summed E-state index contributed by atoms with van der Waals surface area (Å²) in [6, 6.07) is 0.554. The van der Waals surface area contributed by atoms with Crippen LogP contribution < -0.4 is 10.6 Å². The minimum absolute atomic E-state index is 0.201. The molecule has 0 saturated heterocycles. The van der Waals surface area contributed by atoms with Gasteiger partial charge in [0.1, 0.15) is 0 Å². The van der Waals surface area contributed by atoms with E-state index in [1.165, 1.54) is 0 Å². The lowest BCUT2D eigenvalue weighted by atomic mass is 10.1. The van der Waals surface area contributed by atoms with Gasteiger partial charge in [0.15, 0.2) is 0 Å². The predicted octanol–water partition coefficient (Wildman–Crippen LogP) is 7.50. The van der Waals surface area contributed by atoms with Gasteiger partial charge < -0.3 is 0 Å². The van der Waals surface area contributed by atoms with E-state index >= 15 is 0 Å². The van der Waals surface area contributed by atoms with E-state index in [4.69, 9.17) is 0 Å². The van der Waals surface area contributed by atoms with Gasteiger partial charge in [0, 0.05) is 6.62 Å². The topological polar surface area (TPSA) is 0 Å². The predicted molar refractivity (Wildman–Crippen MR) is 88.0 cm³/mol. The third-order valence-electron chi connectivity index (χ3n) is 3.60. The average Bonchev–Trinajstić information content (AvgIpc) is 2.57. The Morgan fingerprint density at radius 3 is 0.800 bits per heavy atom. The maximum atomic E-state index is 13.0. The molecule has 0 atom stereocenters. The molecule has 0 bridgehead atoms. The van der Waals surface area contributed by atoms with Crippen molar-refractivity contribution in [3.05, 3.63) is 58.7 Å². The number of rotatable bonds is 2. The van der Waals surface area contributed by atoms with E-state index < -0.39 is 64.2 Å². The monoisotopic (exact) mass is 536 g/mol. The van der Waals surface area contributed by atoms with Gasteiger partial charge in [-0.15, -0.1) is 0 Å². The highest BCUT2D eigenvalue weighted by Gasteiger charge is 2.39. The van der Waals surface area contributed by atoms with Gasteiger partial charge in [-0.1, -0.05) is 0 Å². The number of alkyl halides is 12. The Morgan fingerprint density at radius 2 is 0.633 bits per heavy atom. The highest BCUT2D eigenvalue weighted by Crippen LogP contribution is 2.47. The zero-order valence-electron chi connectivity index (χ0n) is 13.8. The molecular weight excluding hydrogens is 531 g/mol. The fraction of sp³-hybridized carbons (Fsp3) is 0.250. The second-order valence-electron chi connectivity index (χ2n) is 5.81. The summed E-state index contributed by atoms with van der Waals surface area (Å²) in [5, 5.41) is -1.53. The molecule has 0 nitrogen and oxygen atoms in total. The summed E-state index contributed by atoms with van der Waals surface area (Å²) in [7, 11) is 0. The Kier molecular flexibility index (Phi) is 6.51. The van der Waals surface area contributed by atoms with Gasteiger partial charge in [0.2, 0.25) is 0 Å². The first-order valence-electron chi connectivity index (χ1n) is 7.35. The maximum Gasteiger partial charge on any atom is 0.416 e. The molecule has 0 spiro atoms. The number of hydrogen-bond donors (Lipinski definition) is 0. The van der Waals surface area contributed by atoms with Crippen molar-refractivity contribution >= 4 is 32.7 Å². The van der Waals surface area contributed by atoms with E-state index in [9.17, 15) is 52.7 Å². The summed E-state index contributed by atoms with van der Waals surface area (Å²) < 4.78 is 156. The lowest BCUT2D eigenvalue weighted by molar-refractivity contribution is -0.144. The lowest BCUT2D eigenvalue weighted by Gasteiger charge is -2.19. The summed E-state index contributed by atoms with van der Waals surface area (Å²) in [4.78, 5) is 0.